The maximum Gasteiger partial charge on any atom is 0.347 e. The average molecular weight is 520 g/mol. The zero-order chi connectivity index (χ0) is 28.1. The van der Waals surface area contributed by atoms with Gasteiger partial charge in [0.1, 0.15) is 12.1 Å². The second-order valence-corrected chi connectivity index (χ2v) is 10.8. The van der Waals surface area contributed by atoms with E-state index in [0.717, 1.165) is 5.56 Å². The minimum atomic E-state index is -1.16. The highest BCUT2D eigenvalue weighted by Crippen LogP contribution is 2.14. The van der Waals surface area contributed by atoms with Gasteiger partial charge in [-0.2, -0.15) is 0 Å². The minimum Gasteiger partial charge on any atom is -0.466 e. The Labute approximate surface area is 221 Å². The maximum absolute atomic E-state index is 13.3. The molecule has 1 rings (SSSR count). The van der Waals surface area contributed by atoms with Gasteiger partial charge < -0.3 is 25.8 Å². The van der Waals surface area contributed by atoms with Crippen LogP contribution < -0.4 is 16.4 Å². The van der Waals surface area contributed by atoms with E-state index in [0.29, 0.717) is 19.3 Å². The molecule has 0 aliphatic heterocycles. The molecule has 0 bridgehead atoms. The largest absolute Gasteiger partial charge is 0.466 e. The molecular weight excluding hydrogens is 474 g/mol. The van der Waals surface area contributed by atoms with Crippen molar-refractivity contribution >= 4 is 23.8 Å². The lowest BCUT2D eigenvalue weighted by Gasteiger charge is -2.26. The van der Waals surface area contributed by atoms with Crippen LogP contribution in [0, 0.1) is 17.8 Å². The average Bonchev–Trinajstić information content (AvgIpc) is 2.81. The Bertz CT molecular complexity index is 872. The first kappa shape index (κ1) is 32.1. The molecule has 0 saturated carbocycles. The summed E-state index contributed by atoms with van der Waals surface area (Å²) in [5.74, 6) is -1.97. The van der Waals surface area contributed by atoms with Gasteiger partial charge in [0.15, 0.2) is 0 Å². The number of carbonyl (C=O) groups excluding carboxylic acids is 4. The maximum atomic E-state index is 13.3. The van der Waals surface area contributed by atoms with Gasteiger partial charge in [0, 0.05) is 6.42 Å². The molecule has 9 nitrogen and oxygen atoms in total. The summed E-state index contributed by atoms with van der Waals surface area (Å²) in [5.41, 5.74) is 6.81. The number of nitrogens with one attached hydrogen (secondary N) is 2. The highest BCUT2D eigenvalue weighted by Gasteiger charge is 2.33. The molecule has 0 spiro atoms. The van der Waals surface area contributed by atoms with Crippen LogP contribution in [-0.2, 0) is 35.1 Å². The van der Waals surface area contributed by atoms with E-state index in [4.69, 9.17) is 15.2 Å². The number of benzene rings is 1. The summed E-state index contributed by atoms with van der Waals surface area (Å²) in [6.45, 7) is 11.6. The highest BCUT2D eigenvalue weighted by atomic mass is 16.6. The highest BCUT2D eigenvalue weighted by molar-refractivity contribution is 5.92. The van der Waals surface area contributed by atoms with E-state index >= 15 is 0 Å². The first-order chi connectivity index (χ1) is 17.3. The Morgan fingerprint density at radius 1 is 0.757 bits per heavy atom. The van der Waals surface area contributed by atoms with Gasteiger partial charge in [-0.25, -0.2) is 9.59 Å². The summed E-state index contributed by atoms with van der Waals surface area (Å²) in [6.07, 6.45) is 0.126. The van der Waals surface area contributed by atoms with Crippen LogP contribution in [0.4, 0.5) is 0 Å². The van der Waals surface area contributed by atoms with Crippen LogP contribution in [-0.4, -0.2) is 55.1 Å². The van der Waals surface area contributed by atoms with E-state index in [1.54, 1.807) is 0 Å². The molecule has 0 heterocycles. The standard InChI is InChI=1S/C28H45N3O6/c1-17(2)13-21(29)25(32)30-22(14-18(3)4)26(33)31-23(15-19(5)6)27(34)37-24(28(35)36-7)16-20-11-9-8-10-12-20/h8-12,17-19,21-24H,13-16,29H2,1-7H3,(H,30,32)(H,31,33)/t21-,22-,23-,24-/m0/s1. The monoisotopic (exact) mass is 519 g/mol. The van der Waals surface area contributed by atoms with Crippen molar-refractivity contribution in [2.45, 2.75) is 91.5 Å². The van der Waals surface area contributed by atoms with Crippen molar-refractivity contribution in [2.75, 3.05) is 7.11 Å². The number of carbonyl (C=O) groups is 4. The fraction of sp³-hybridized carbons (Fsp3) is 0.643. The van der Waals surface area contributed by atoms with Gasteiger partial charge in [-0.3, -0.25) is 9.59 Å². The number of hydrogen-bond acceptors (Lipinski definition) is 7. The van der Waals surface area contributed by atoms with E-state index in [-0.39, 0.29) is 24.2 Å². The SMILES string of the molecule is COC(=O)[C@H](Cc1ccccc1)OC(=O)[C@H](CC(C)C)NC(=O)[C@H](CC(C)C)NC(=O)[C@@H](N)CC(C)C. The fourth-order valence-electron chi connectivity index (χ4n) is 3.91. The zero-order valence-corrected chi connectivity index (χ0v) is 23.3. The molecule has 9 heteroatoms. The number of rotatable bonds is 15. The molecule has 4 atom stereocenters. The van der Waals surface area contributed by atoms with Crippen molar-refractivity contribution in [3.8, 4) is 0 Å². The lowest BCUT2D eigenvalue weighted by atomic mass is 9.99. The van der Waals surface area contributed by atoms with E-state index in [9.17, 15) is 19.2 Å². The number of nitrogens with two attached hydrogens (primary N) is 1. The van der Waals surface area contributed by atoms with Crippen molar-refractivity contribution in [2.24, 2.45) is 23.5 Å². The molecule has 208 valence electrons. The van der Waals surface area contributed by atoms with Crippen LogP contribution >= 0.6 is 0 Å². The van der Waals surface area contributed by atoms with E-state index < -0.39 is 48.0 Å². The van der Waals surface area contributed by atoms with Crippen LogP contribution in [0.5, 0.6) is 0 Å². The van der Waals surface area contributed by atoms with E-state index in [2.05, 4.69) is 10.6 Å². The molecule has 0 aliphatic rings. The Kier molecular flexibility index (Phi) is 13.9. The summed E-state index contributed by atoms with van der Waals surface area (Å²) >= 11 is 0. The molecule has 2 amide bonds. The summed E-state index contributed by atoms with van der Waals surface area (Å²) in [6, 6.07) is 6.52. The molecule has 1 aromatic carbocycles. The summed E-state index contributed by atoms with van der Waals surface area (Å²) in [5, 5.41) is 5.49. The van der Waals surface area contributed by atoms with Gasteiger partial charge in [-0.1, -0.05) is 71.9 Å². The predicted octanol–water partition coefficient (Wildman–Crippen LogP) is 2.75. The fourth-order valence-corrected chi connectivity index (χ4v) is 3.91. The summed E-state index contributed by atoms with van der Waals surface area (Å²) in [7, 11) is 1.23. The molecule has 0 saturated heterocycles. The molecule has 0 radical (unpaired) electrons. The molecule has 0 unspecified atom stereocenters. The van der Waals surface area contributed by atoms with Gasteiger partial charge in [0.05, 0.1) is 13.2 Å². The van der Waals surface area contributed by atoms with E-state index in [1.165, 1.54) is 7.11 Å². The first-order valence-corrected chi connectivity index (χ1v) is 13.0. The normalized spacial score (nSPS) is 14.6. The number of ether oxygens (including phenoxy) is 2. The summed E-state index contributed by atoms with van der Waals surface area (Å²) < 4.78 is 10.4. The molecule has 37 heavy (non-hydrogen) atoms. The second kappa shape index (κ2) is 16.0. The van der Waals surface area contributed by atoms with Crippen molar-refractivity contribution in [1.82, 2.24) is 10.6 Å². The number of hydrogen-bond donors (Lipinski definition) is 3. The lowest BCUT2D eigenvalue weighted by Crippen LogP contribution is -2.55. The van der Waals surface area contributed by atoms with Crippen molar-refractivity contribution in [3.05, 3.63) is 35.9 Å². The molecule has 1 aromatic rings. The van der Waals surface area contributed by atoms with Gasteiger partial charge in [-0.05, 0) is 42.6 Å². The first-order valence-electron chi connectivity index (χ1n) is 13.0. The quantitative estimate of drug-likeness (QED) is 0.303. The third kappa shape index (κ3) is 12.2. The van der Waals surface area contributed by atoms with Crippen LogP contribution in [0.25, 0.3) is 0 Å². The zero-order valence-electron chi connectivity index (χ0n) is 23.3. The minimum absolute atomic E-state index is 0.0427. The van der Waals surface area contributed by atoms with Gasteiger partial charge in [-0.15, -0.1) is 0 Å². The predicted molar refractivity (Wildman–Crippen MR) is 142 cm³/mol. The topological polar surface area (TPSA) is 137 Å². The van der Waals surface area contributed by atoms with Gasteiger partial charge in [0.25, 0.3) is 0 Å². The molecular formula is C28H45N3O6. The summed E-state index contributed by atoms with van der Waals surface area (Å²) in [4.78, 5) is 51.4. The number of amides is 2. The van der Waals surface area contributed by atoms with Gasteiger partial charge in [0.2, 0.25) is 17.9 Å². The Hall–Kier alpha value is -2.94. The molecule has 0 aliphatic carbocycles. The molecule has 0 aromatic heterocycles. The third-order valence-electron chi connectivity index (χ3n) is 5.70. The smallest absolute Gasteiger partial charge is 0.347 e. The van der Waals surface area contributed by atoms with Crippen LogP contribution in [0.15, 0.2) is 30.3 Å². The van der Waals surface area contributed by atoms with Crippen molar-refractivity contribution < 1.29 is 28.7 Å². The van der Waals surface area contributed by atoms with Crippen LogP contribution in [0.3, 0.4) is 0 Å². The van der Waals surface area contributed by atoms with Gasteiger partial charge >= 0.3 is 11.9 Å². The second-order valence-electron chi connectivity index (χ2n) is 10.8. The Balaban J connectivity index is 3.04. The number of methoxy groups -OCH3 is 1. The third-order valence-corrected chi connectivity index (χ3v) is 5.70. The number of esters is 2. The Morgan fingerprint density at radius 2 is 1.27 bits per heavy atom. The lowest BCUT2D eigenvalue weighted by molar-refractivity contribution is -0.168. The van der Waals surface area contributed by atoms with E-state index in [1.807, 2.05) is 71.9 Å². The van der Waals surface area contributed by atoms with Crippen molar-refractivity contribution in [1.29, 1.82) is 0 Å². The van der Waals surface area contributed by atoms with Crippen LogP contribution in [0.2, 0.25) is 0 Å². The van der Waals surface area contributed by atoms with Crippen LogP contribution in [0.1, 0.15) is 66.4 Å². The van der Waals surface area contributed by atoms with Crippen molar-refractivity contribution in [3.63, 3.8) is 0 Å². The molecule has 0 fully saturated rings. The Morgan fingerprint density at radius 3 is 1.78 bits per heavy atom. The molecule has 4 N–H and O–H groups in total.